The number of aromatic nitrogens is 4. The van der Waals surface area contributed by atoms with Gasteiger partial charge in [0, 0.05) is 25.0 Å². The summed E-state index contributed by atoms with van der Waals surface area (Å²) in [5, 5.41) is 4.96. The third kappa shape index (κ3) is 4.13. The monoisotopic (exact) mass is 371 g/mol. The van der Waals surface area contributed by atoms with Crippen LogP contribution < -0.4 is 4.74 Å². The summed E-state index contributed by atoms with van der Waals surface area (Å²) >= 11 is 1.32. The van der Waals surface area contributed by atoms with E-state index in [4.69, 9.17) is 4.74 Å². The topological polar surface area (TPSA) is 72.6 Å². The maximum Gasteiger partial charge on any atom is 0.253 e. The molecular formula is C18H21N5O2S. The second-order valence-corrected chi connectivity index (χ2v) is 6.98. The molecule has 136 valence electrons. The van der Waals surface area contributed by atoms with E-state index in [0.29, 0.717) is 17.5 Å². The highest BCUT2D eigenvalue weighted by Gasteiger charge is 2.14. The summed E-state index contributed by atoms with van der Waals surface area (Å²) in [6.45, 7) is 4.40. The average Bonchev–Trinajstić information content (AvgIpc) is 3.03. The number of carbonyl (C=O) groups excluding carboxylic acids is 1. The number of aryl methyl sites for hydroxylation is 2. The van der Waals surface area contributed by atoms with Gasteiger partial charge in [-0.05, 0) is 37.6 Å². The highest BCUT2D eigenvalue weighted by molar-refractivity contribution is 7.99. The zero-order valence-corrected chi connectivity index (χ0v) is 16.1. The number of nitrogens with zero attached hydrogens (tertiary/aromatic N) is 5. The van der Waals surface area contributed by atoms with Crippen LogP contribution in [0.25, 0.3) is 5.78 Å². The molecule has 0 spiro atoms. The minimum absolute atomic E-state index is 0.0116. The van der Waals surface area contributed by atoms with E-state index in [9.17, 15) is 4.79 Å². The quantitative estimate of drug-likeness (QED) is 0.620. The molecule has 2 heterocycles. The van der Waals surface area contributed by atoms with Gasteiger partial charge in [-0.1, -0.05) is 23.9 Å². The zero-order chi connectivity index (χ0) is 18.7. The lowest BCUT2D eigenvalue weighted by Gasteiger charge is -2.17. The summed E-state index contributed by atoms with van der Waals surface area (Å²) in [4.78, 5) is 22.8. The predicted octanol–water partition coefficient (Wildman–Crippen LogP) is 2.50. The van der Waals surface area contributed by atoms with Crippen LogP contribution in [0.15, 0.2) is 35.5 Å². The van der Waals surface area contributed by atoms with Gasteiger partial charge in [0.2, 0.25) is 11.1 Å². The first-order chi connectivity index (χ1) is 12.5. The van der Waals surface area contributed by atoms with Crippen LogP contribution in [0.1, 0.15) is 17.0 Å². The predicted molar refractivity (Wildman–Crippen MR) is 100 cm³/mol. The molecule has 0 saturated carbocycles. The van der Waals surface area contributed by atoms with Crippen LogP contribution in [0.2, 0.25) is 0 Å². The number of carbonyl (C=O) groups is 1. The van der Waals surface area contributed by atoms with Crippen LogP contribution in [0.4, 0.5) is 0 Å². The average molecular weight is 371 g/mol. The maximum atomic E-state index is 12.4. The summed E-state index contributed by atoms with van der Waals surface area (Å²) in [5.41, 5.74) is 2.88. The van der Waals surface area contributed by atoms with E-state index in [0.717, 1.165) is 22.7 Å². The molecule has 1 aromatic carbocycles. The Hall–Kier alpha value is -2.61. The lowest BCUT2D eigenvalue weighted by Crippen LogP contribution is -2.27. The SMILES string of the molecule is COc1cccc(CN(C)C(=O)CSc2nc3nc(C)cc(C)n3n2)c1. The van der Waals surface area contributed by atoms with Gasteiger partial charge in [0.25, 0.3) is 5.78 Å². The van der Waals surface area contributed by atoms with E-state index in [1.807, 2.05) is 44.2 Å². The number of hydrogen-bond acceptors (Lipinski definition) is 6. The van der Waals surface area contributed by atoms with Crippen molar-refractivity contribution in [2.75, 3.05) is 19.9 Å². The molecule has 8 heteroatoms. The first-order valence-corrected chi connectivity index (χ1v) is 9.15. The molecule has 0 radical (unpaired) electrons. The molecule has 26 heavy (non-hydrogen) atoms. The number of methoxy groups -OCH3 is 1. The molecular weight excluding hydrogens is 350 g/mol. The smallest absolute Gasteiger partial charge is 0.253 e. The van der Waals surface area contributed by atoms with Crippen LogP contribution >= 0.6 is 11.8 Å². The van der Waals surface area contributed by atoms with Crippen molar-refractivity contribution in [3.05, 3.63) is 47.3 Å². The van der Waals surface area contributed by atoms with Crippen molar-refractivity contribution in [3.8, 4) is 5.75 Å². The first kappa shape index (κ1) is 18.2. The highest BCUT2D eigenvalue weighted by atomic mass is 32.2. The van der Waals surface area contributed by atoms with E-state index < -0.39 is 0 Å². The lowest BCUT2D eigenvalue weighted by atomic mass is 10.2. The van der Waals surface area contributed by atoms with Gasteiger partial charge in [0.05, 0.1) is 12.9 Å². The molecule has 0 bridgehead atoms. The minimum atomic E-state index is 0.0116. The fourth-order valence-corrected chi connectivity index (χ4v) is 3.34. The second kappa shape index (κ2) is 7.74. The fraction of sp³-hybridized carbons (Fsp3) is 0.333. The summed E-state index contributed by atoms with van der Waals surface area (Å²) < 4.78 is 6.91. The number of ether oxygens (including phenoxy) is 1. The third-order valence-electron chi connectivity index (χ3n) is 3.90. The molecule has 0 fully saturated rings. The lowest BCUT2D eigenvalue weighted by molar-refractivity contribution is -0.127. The van der Waals surface area contributed by atoms with Crippen molar-refractivity contribution in [1.82, 2.24) is 24.5 Å². The van der Waals surface area contributed by atoms with Gasteiger partial charge in [-0.25, -0.2) is 9.50 Å². The number of thioether (sulfide) groups is 1. The Morgan fingerprint density at radius 2 is 2.08 bits per heavy atom. The summed E-state index contributed by atoms with van der Waals surface area (Å²) in [7, 11) is 3.42. The number of benzene rings is 1. The van der Waals surface area contributed by atoms with Crippen LogP contribution in [-0.4, -0.2) is 50.3 Å². The second-order valence-electron chi connectivity index (χ2n) is 6.04. The van der Waals surface area contributed by atoms with Crippen molar-refractivity contribution < 1.29 is 9.53 Å². The molecule has 3 rings (SSSR count). The molecule has 0 aliphatic carbocycles. The van der Waals surface area contributed by atoms with Crippen LogP contribution in [-0.2, 0) is 11.3 Å². The van der Waals surface area contributed by atoms with Gasteiger partial charge in [0.1, 0.15) is 5.75 Å². The number of rotatable bonds is 6. The Kier molecular flexibility index (Phi) is 5.41. The Morgan fingerprint density at radius 3 is 2.85 bits per heavy atom. The van der Waals surface area contributed by atoms with E-state index >= 15 is 0 Å². The molecule has 0 unspecified atom stereocenters. The summed E-state index contributed by atoms with van der Waals surface area (Å²) in [6.07, 6.45) is 0. The van der Waals surface area contributed by atoms with Crippen molar-refractivity contribution in [3.63, 3.8) is 0 Å². The normalized spacial score (nSPS) is 10.9. The van der Waals surface area contributed by atoms with Crippen LogP contribution in [0, 0.1) is 13.8 Å². The van der Waals surface area contributed by atoms with Gasteiger partial charge in [-0.2, -0.15) is 4.98 Å². The largest absolute Gasteiger partial charge is 0.497 e. The molecule has 0 N–H and O–H groups in total. The molecule has 2 aromatic heterocycles. The highest BCUT2D eigenvalue weighted by Crippen LogP contribution is 2.17. The van der Waals surface area contributed by atoms with E-state index in [2.05, 4.69) is 15.1 Å². The van der Waals surface area contributed by atoms with Crippen LogP contribution in [0.5, 0.6) is 5.75 Å². The first-order valence-electron chi connectivity index (χ1n) is 8.17. The summed E-state index contributed by atoms with van der Waals surface area (Å²) in [5.74, 6) is 1.62. The van der Waals surface area contributed by atoms with Gasteiger partial charge in [0.15, 0.2) is 0 Å². The van der Waals surface area contributed by atoms with Gasteiger partial charge in [-0.3, -0.25) is 4.79 Å². The van der Waals surface area contributed by atoms with Crippen molar-refractivity contribution in [1.29, 1.82) is 0 Å². The molecule has 7 nitrogen and oxygen atoms in total. The Labute approximate surface area is 156 Å². The standard InChI is InChI=1S/C18H21N5O2S/c1-12-8-13(2)23-17(19-12)20-18(21-23)26-11-16(24)22(3)10-14-6-5-7-15(9-14)25-4/h5-9H,10-11H2,1-4H3. The fourth-order valence-electron chi connectivity index (χ4n) is 2.58. The van der Waals surface area contributed by atoms with Crippen LogP contribution in [0.3, 0.4) is 0 Å². The molecule has 0 saturated heterocycles. The Balaban J connectivity index is 1.62. The van der Waals surface area contributed by atoms with E-state index in [-0.39, 0.29) is 11.7 Å². The number of hydrogen-bond donors (Lipinski definition) is 0. The van der Waals surface area contributed by atoms with Crippen molar-refractivity contribution in [2.24, 2.45) is 0 Å². The van der Waals surface area contributed by atoms with E-state index in [1.54, 1.807) is 23.6 Å². The summed E-state index contributed by atoms with van der Waals surface area (Å²) in [6, 6.07) is 9.65. The van der Waals surface area contributed by atoms with Gasteiger partial charge >= 0.3 is 0 Å². The molecule has 3 aromatic rings. The zero-order valence-electron chi connectivity index (χ0n) is 15.3. The Bertz CT molecular complexity index is 940. The minimum Gasteiger partial charge on any atom is -0.497 e. The van der Waals surface area contributed by atoms with Crippen molar-refractivity contribution >= 4 is 23.4 Å². The van der Waals surface area contributed by atoms with Gasteiger partial charge < -0.3 is 9.64 Å². The van der Waals surface area contributed by atoms with E-state index in [1.165, 1.54) is 11.8 Å². The molecule has 0 aliphatic heterocycles. The molecule has 1 amide bonds. The molecule has 0 aliphatic rings. The Morgan fingerprint density at radius 1 is 1.27 bits per heavy atom. The maximum absolute atomic E-state index is 12.4. The van der Waals surface area contributed by atoms with Crippen molar-refractivity contribution in [2.45, 2.75) is 25.5 Å². The van der Waals surface area contributed by atoms with Gasteiger partial charge in [-0.15, -0.1) is 5.10 Å². The molecule has 0 atom stereocenters. The number of amides is 1. The third-order valence-corrected chi connectivity index (χ3v) is 4.73. The number of fused-ring (bicyclic) bond motifs is 1.